The molecule has 0 fully saturated rings. The van der Waals surface area contributed by atoms with Crippen LogP contribution in [0.15, 0.2) is 43.0 Å². The van der Waals surface area contributed by atoms with Crippen LogP contribution in [0, 0.1) is 13.8 Å². The van der Waals surface area contributed by atoms with E-state index < -0.39 is 0 Å². The number of hydrogen-bond acceptors (Lipinski definition) is 4. The first kappa shape index (κ1) is 17.8. The number of hydrogen-bond donors (Lipinski definition) is 0. The molecule has 26 heavy (non-hydrogen) atoms. The Hall–Kier alpha value is -3.02. The molecule has 0 saturated heterocycles. The fourth-order valence-electron chi connectivity index (χ4n) is 3.02. The van der Waals surface area contributed by atoms with Crippen molar-refractivity contribution in [3.8, 4) is 11.4 Å². The summed E-state index contributed by atoms with van der Waals surface area (Å²) >= 11 is 0. The first-order chi connectivity index (χ1) is 12.5. The van der Waals surface area contributed by atoms with Gasteiger partial charge in [0.15, 0.2) is 5.78 Å². The molecule has 6 heteroatoms. The van der Waals surface area contributed by atoms with Crippen molar-refractivity contribution in [2.75, 3.05) is 0 Å². The molecule has 0 amide bonds. The molecule has 0 radical (unpaired) electrons. The maximum absolute atomic E-state index is 12.7. The number of aromatic nitrogens is 5. The fraction of sp³-hybridized carbons (Fsp3) is 0.300. The number of tetrazole rings is 1. The highest BCUT2D eigenvalue weighted by Gasteiger charge is 2.17. The van der Waals surface area contributed by atoms with Gasteiger partial charge in [0.25, 0.3) is 0 Å². The summed E-state index contributed by atoms with van der Waals surface area (Å²) in [6.45, 7) is 10.6. The summed E-state index contributed by atoms with van der Waals surface area (Å²) < 4.78 is 2.07. The van der Waals surface area contributed by atoms with Gasteiger partial charge < -0.3 is 4.57 Å². The van der Waals surface area contributed by atoms with Crippen molar-refractivity contribution in [1.29, 1.82) is 0 Å². The van der Waals surface area contributed by atoms with Crippen molar-refractivity contribution in [2.24, 2.45) is 0 Å². The van der Waals surface area contributed by atoms with E-state index in [0.29, 0.717) is 17.9 Å². The van der Waals surface area contributed by atoms with Crippen LogP contribution in [0.3, 0.4) is 0 Å². The van der Waals surface area contributed by atoms with Gasteiger partial charge in [0, 0.05) is 29.1 Å². The van der Waals surface area contributed by atoms with Crippen molar-refractivity contribution in [1.82, 2.24) is 24.8 Å². The highest BCUT2D eigenvalue weighted by atomic mass is 16.1. The van der Waals surface area contributed by atoms with E-state index in [9.17, 15) is 4.79 Å². The normalized spacial score (nSPS) is 10.9. The number of Topliss-reactive ketones (excluding diaryl/α,β-unsaturated/α-hetero) is 1. The molecule has 2 aromatic heterocycles. The molecule has 0 aliphatic carbocycles. The van der Waals surface area contributed by atoms with Crippen LogP contribution in [0.2, 0.25) is 0 Å². The Morgan fingerprint density at radius 2 is 1.96 bits per heavy atom. The Labute approximate surface area is 153 Å². The monoisotopic (exact) mass is 349 g/mol. The topological polar surface area (TPSA) is 65.6 Å². The summed E-state index contributed by atoms with van der Waals surface area (Å²) in [6.07, 6.45) is 2.81. The Morgan fingerprint density at radius 3 is 2.62 bits per heavy atom. The lowest BCUT2D eigenvalue weighted by Gasteiger charge is -2.06. The van der Waals surface area contributed by atoms with E-state index in [2.05, 4.69) is 45.6 Å². The molecule has 0 aliphatic rings. The van der Waals surface area contributed by atoms with Crippen molar-refractivity contribution in [3.05, 3.63) is 65.5 Å². The zero-order valence-electron chi connectivity index (χ0n) is 15.4. The zero-order chi connectivity index (χ0) is 18.7. The molecular weight excluding hydrogens is 326 g/mol. The van der Waals surface area contributed by atoms with Crippen molar-refractivity contribution >= 4 is 5.78 Å². The molecule has 6 nitrogen and oxygen atoms in total. The van der Waals surface area contributed by atoms with Gasteiger partial charge >= 0.3 is 0 Å². The number of rotatable bonds is 7. The van der Waals surface area contributed by atoms with Crippen LogP contribution >= 0.6 is 0 Å². The predicted octanol–water partition coefficient (Wildman–Crippen LogP) is 3.39. The molecule has 0 unspecified atom stereocenters. The van der Waals surface area contributed by atoms with E-state index in [4.69, 9.17) is 0 Å². The maximum Gasteiger partial charge on any atom is 0.204 e. The Balaban J connectivity index is 1.77. The largest absolute Gasteiger partial charge is 0.345 e. The zero-order valence-corrected chi connectivity index (χ0v) is 15.4. The number of ketones is 1. The molecular formula is C20H23N5O. The molecule has 3 rings (SSSR count). The van der Waals surface area contributed by atoms with Gasteiger partial charge in [-0.1, -0.05) is 37.3 Å². The van der Waals surface area contributed by atoms with Gasteiger partial charge in [-0.25, -0.2) is 0 Å². The van der Waals surface area contributed by atoms with E-state index in [0.717, 1.165) is 23.4 Å². The van der Waals surface area contributed by atoms with Gasteiger partial charge in [-0.15, -0.1) is 16.8 Å². The lowest BCUT2D eigenvalue weighted by atomic mass is 10.1. The molecule has 0 atom stereocenters. The van der Waals surface area contributed by atoms with Crippen LogP contribution in [-0.2, 0) is 19.5 Å². The number of carbonyl (C=O) groups is 1. The molecule has 3 aromatic rings. The van der Waals surface area contributed by atoms with Gasteiger partial charge in [0.05, 0.1) is 0 Å². The summed E-state index contributed by atoms with van der Waals surface area (Å²) in [7, 11) is 0. The highest BCUT2D eigenvalue weighted by molar-refractivity contribution is 5.97. The van der Waals surface area contributed by atoms with Crippen LogP contribution in [0.1, 0.15) is 34.2 Å². The highest BCUT2D eigenvalue weighted by Crippen LogP contribution is 2.17. The predicted molar refractivity (Wildman–Crippen MR) is 101 cm³/mol. The smallest absolute Gasteiger partial charge is 0.204 e. The van der Waals surface area contributed by atoms with Gasteiger partial charge in [-0.3, -0.25) is 4.79 Å². The van der Waals surface area contributed by atoms with Gasteiger partial charge in [-0.2, -0.15) is 4.80 Å². The first-order valence-electron chi connectivity index (χ1n) is 8.71. The van der Waals surface area contributed by atoms with Crippen molar-refractivity contribution in [2.45, 2.75) is 40.3 Å². The lowest BCUT2D eigenvalue weighted by Crippen LogP contribution is -2.14. The minimum Gasteiger partial charge on any atom is -0.345 e. The molecule has 2 heterocycles. The van der Waals surface area contributed by atoms with Crippen LogP contribution in [0.4, 0.5) is 0 Å². The Morgan fingerprint density at radius 1 is 1.23 bits per heavy atom. The number of carbonyl (C=O) groups excluding carboxylic acids is 1. The van der Waals surface area contributed by atoms with Crippen LogP contribution < -0.4 is 0 Å². The summed E-state index contributed by atoms with van der Waals surface area (Å²) in [5.41, 5.74) is 4.81. The Bertz CT molecular complexity index is 934. The van der Waals surface area contributed by atoms with E-state index in [1.165, 1.54) is 10.4 Å². The van der Waals surface area contributed by atoms with Crippen LogP contribution in [0.25, 0.3) is 11.4 Å². The Kier molecular flexibility index (Phi) is 5.11. The third-order valence-corrected chi connectivity index (χ3v) is 4.54. The molecule has 0 N–H and O–H groups in total. The molecule has 0 bridgehead atoms. The second kappa shape index (κ2) is 7.47. The molecule has 134 valence electrons. The van der Waals surface area contributed by atoms with Crippen molar-refractivity contribution in [3.63, 3.8) is 0 Å². The number of allylic oxidation sites excluding steroid dienone is 1. The minimum absolute atomic E-state index is 0.0290. The van der Waals surface area contributed by atoms with Gasteiger partial charge in [0.2, 0.25) is 5.82 Å². The number of aryl methyl sites for hydroxylation is 2. The standard InChI is InChI=1S/C20H23N5O/c1-5-11-24-14(3)12-18(15(24)4)19(26)13-25-22-20(21-23-25)17-9-7-16(6-2)8-10-17/h5,7-10,12H,1,6,11,13H2,2-4H3. The number of benzene rings is 1. The SMILES string of the molecule is C=CCn1c(C)cc(C(=O)Cn2nnc(-c3ccc(CC)cc3)n2)c1C. The quantitative estimate of drug-likeness (QED) is 0.484. The summed E-state index contributed by atoms with van der Waals surface area (Å²) in [5.74, 6) is 0.497. The first-order valence-corrected chi connectivity index (χ1v) is 8.71. The second-order valence-electron chi connectivity index (χ2n) is 6.30. The van der Waals surface area contributed by atoms with Crippen LogP contribution in [-0.4, -0.2) is 30.6 Å². The summed E-state index contributed by atoms with van der Waals surface area (Å²) in [4.78, 5) is 14.0. The fourth-order valence-corrected chi connectivity index (χ4v) is 3.02. The molecule has 0 aliphatic heterocycles. The van der Waals surface area contributed by atoms with Gasteiger partial charge in [-0.05, 0) is 37.1 Å². The summed E-state index contributed by atoms with van der Waals surface area (Å²) in [6, 6.07) is 9.96. The average molecular weight is 349 g/mol. The minimum atomic E-state index is -0.0290. The average Bonchev–Trinajstić information content (AvgIpc) is 3.22. The van der Waals surface area contributed by atoms with Gasteiger partial charge in [0.1, 0.15) is 6.54 Å². The van der Waals surface area contributed by atoms with Crippen molar-refractivity contribution < 1.29 is 4.79 Å². The van der Waals surface area contributed by atoms with E-state index in [1.807, 2.05) is 38.1 Å². The molecule has 0 spiro atoms. The third kappa shape index (κ3) is 3.49. The third-order valence-electron chi connectivity index (χ3n) is 4.54. The van der Waals surface area contributed by atoms with E-state index in [1.54, 1.807) is 0 Å². The number of nitrogens with zero attached hydrogens (tertiary/aromatic N) is 5. The second-order valence-corrected chi connectivity index (χ2v) is 6.30. The lowest BCUT2D eigenvalue weighted by molar-refractivity contribution is 0.0960. The van der Waals surface area contributed by atoms with E-state index in [-0.39, 0.29) is 12.3 Å². The maximum atomic E-state index is 12.7. The summed E-state index contributed by atoms with van der Waals surface area (Å²) in [5, 5.41) is 12.4. The molecule has 1 aromatic carbocycles. The van der Waals surface area contributed by atoms with Crippen LogP contribution in [0.5, 0.6) is 0 Å². The molecule has 0 saturated carbocycles. The van der Waals surface area contributed by atoms with E-state index >= 15 is 0 Å².